The third-order valence-corrected chi connectivity index (χ3v) is 2.33. The first-order valence-corrected chi connectivity index (χ1v) is 5.54. The van der Waals surface area contributed by atoms with Crippen LogP contribution >= 0.6 is 0 Å². The molecule has 1 heterocycles. The van der Waals surface area contributed by atoms with Gasteiger partial charge < -0.3 is 4.74 Å². The summed E-state index contributed by atoms with van der Waals surface area (Å²) in [6.07, 6.45) is 0.00349. The molecule has 1 aromatic heterocycles. The van der Waals surface area contributed by atoms with Crippen LogP contribution in [-0.2, 0) is 23.0 Å². The van der Waals surface area contributed by atoms with Crippen LogP contribution in [0.4, 0.5) is 17.6 Å². The standard InChI is InChI=1S/C11H14F4N2O2/c1-17-5-8(4-16-17)2-3-9(18)6-19-7-11(14,15)10(12)13/h4-5,10H,2-3,6-7H2,1H3. The van der Waals surface area contributed by atoms with E-state index >= 15 is 0 Å². The minimum atomic E-state index is -4.22. The van der Waals surface area contributed by atoms with Gasteiger partial charge in [0.2, 0.25) is 0 Å². The van der Waals surface area contributed by atoms with E-state index in [-0.39, 0.29) is 6.42 Å². The number of carbonyl (C=O) groups is 1. The number of hydrogen-bond donors (Lipinski definition) is 0. The molecular formula is C11H14F4N2O2. The number of Topliss-reactive ketones (excluding diaryl/α,β-unsaturated/α-hetero) is 1. The maximum atomic E-state index is 12.5. The third-order valence-electron chi connectivity index (χ3n) is 2.33. The van der Waals surface area contributed by atoms with E-state index in [1.54, 1.807) is 24.1 Å². The molecule has 4 nitrogen and oxygen atoms in total. The summed E-state index contributed by atoms with van der Waals surface area (Å²) < 4.78 is 54.4. The van der Waals surface area contributed by atoms with Gasteiger partial charge in [0.25, 0.3) is 0 Å². The Morgan fingerprint density at radius 1 is 1.53 bits per heavy atom. The molecule has 0 amide bonds. The highest BCUT2D eigenvalue weighted by molar-refractivity contribution is 5.79. The first-order chi connectivity index (χ1) is 8.81. The number of aryl methyl sites for hydroxylation is 2. The Morgan fingerprint density at radius 3 is 2.74 bits per heavy atom. The van der Waals surface area contributed by atoms with Gasteiger partial charge in [-0.3, -0.25) is 9.48 Å². The van der Waals surface area contributed by atoms with Crippen molar-refractivity contribution in [3.05, 3.63) is 18.0 Å². The first kappa shape index (κ1) is 15.6. The Labute approximate surface area is 107 Å². The van der Waals surface area contributed by atoms with Crippen molar-refractivity contribution in [1.82, 2.24) is 9.78 Å². The lowest BCUT2D eigenvalue weighted by molar-refractivity contribution is -0.168. The molecule has 0 saturated heterocycles. The molecule has 0 aromatic carbocycles. The van der Waals surface area contributed by atoms with Crippen molar-refractivity contribution in [2.75, 3.05) is 13.2 Å². The fourth-order valence-electron chi connectivity index (χ4n) is 1.32. The van der Waals surface area contributed by atoms with Crippen molar-refractivity contribution in [3.63, 3.8) is 0 Å². The summed E-state index contributed by atoms with van der Waals surface area (Å²) in [6, 6.07) is 0. The summed E-state index contributed by atoms with van der Waals surface area (Å²) in [4.78, 5) is 11.3. The Balaban J connectivity index is 2.22. The molecule has 0 aliphatic heterocycles. The molecule has 0 N–H and O–H groups in total. The second-order valence-electron chi connectivity index (χ2n) is 4.12. The fourth-order valence-corrected chi connectivity index (χ4v) is 1.32. The molecule has 19 heavy (non-hydrogen) atoms. The van der Waals surface area contributed by atoms with E-state index in [9.17, 15) is 22.4 Å². The highest BCUT2D eigenvalue weighted by Gasteiger charge is 2.41. The normalized spacial score (nSPS) is 12.1. The maximum absolute atomic E-state index is 12.5. The van der Waals surface area contributed by atoms with E-state index in [0.29, 0.717) is 6.42 Å². The van der Waals surface area contributed by atoms with Gasteiger partial charge in [-0.1, -0.05) is 0 Å². The molecule has 108 valence electrons. The van der Waals surface area contributed by atoms with Crippen molar-refractivity contribution in [1.29, 1.82) is 0 Å². The SMILES string of the molecule is Cn1cc(CCC(=O)COCC(F)(F)C(F)F)cn1. The van der Waals surface area contributed by atoms with Gasteiger partial charge in [-0.15, -0.1) is 0 Å². The van der Waals surface area contributed by atoms with E-state index in [1.165, 1.54) is 0 Å². The molecule has 0 aliphatic carbocycles. The van der Waals surface area contributed by atoms with Crippen molar-refractivity contribution in [3.8, 4) is 0 Å². The smallest absolute Gasteiger partial charge is 0.330 e. The molecule has 1 aromatic rings. The second kappa shape index (κ2) is 6.65. The minimum Gasteiger partial charge on any atom is -0.367 e. The third kappa shape index (κ3) is 5.37. The lowest BCUT2D eigenvalue weighted by Crippen LogP contribution is -2.33. The molecule has 0 atom stereocenters. The van der Waals surface area contributed by atoms with Crippen LogP contribution in [0.2, 0.25) is 0 Å². The zero-order chi connectivity index (χ0) is 14.5. The molecular weight excluding hydrogens is 268 g/mol. The van der Waals surface area contributed by atoms with Crippen molar-refractivity contribution >= 4 is 5.78 Å². The Hall–Kier alpha value is -1.44. The lowest BCUT2D eigenvalue weighted by Gasteiger charge is -2.14. The zero-order valence-corrected chi connectivity index (χ0v) is 10.3. The molecule has 0 bridgehead atoms. The Kier molecular flexibility index (Phi) is 5.46. The van der Waals surface area contributed by atoms with Gasteiger partial charge in [-0.05, 0) is 12.0 Å². The van der Waals surface area contributed by atoms with Crippen LogP contribution in [0.5, 0.6) is 0 Å². The highest BCUT2D eigenvalue weighted by Crippen LogP contribution is 2.22. The molecule has 1 rings (SSSR count). The van der Waals surface area contributed by atoms with Gasteiger partial charge in [-0.2, -0.15) is 13.9 Å². The van der Waals surface area contributed by atoms with E-state index in [2.05, 4.69) is 9.84 Å². The summed E-state index contributed by atoms with van der Waals surface area (Å²) in [5.74, 6) is -4.64. The molecule has 0 spiro atoms. The summed E-state index contributed by atoms with van der Waals surface area (Å²) >= 11 is 0. The van der Waals surface area contributed by atoms with Crippen molar-refractivity contribution in [2.24, 2.45) is 7.05 Å². The first-order valence-electron chi connectivity index (χ1n) is 5.54. The predicted molar refractivity (Wildman–Crippen MR) is 58.3 cm³/mol. The summed E-state index contributed by atoms with van der Waals surface area (Å²) in [6.45, 7) is -2.05. The van der Waals surface area contributed by atoms with Crippen LogP contribution in [0.25, 0.3) is 0 Å². The molecule has 8 heteroatoms. The average molecular weight is 282 g/mol. The molecule has 0 fully saturated rings. The lowest BCUT2D eigenvalue weighted by atomic mass is 10.1. The van der Waals surface area contributed by atoms with Crippen molar-refractivity contribution < 1.29 is 27.1 Å². The second-order valence-corrected chi connectivity index (χ2v) is 4.12. The van der Waals surface area contributed by atoms with Gasteiger partial charge in [0.15, 0.2) is 5.78 Å². The van der Waals surface area contributed by atoms with Gasteiger partial charge in [0.1, 0.15) is 13.2 Å². The Morgan fingerprint density at radius 2 is 2.21 bits per heavy atom. The van der Waals surface area contributed by atoms with Crippen LogP contribution < -0.4 is 0 Å². The maximum Gasteiger partial charge on any atom is 0.330 e. The molecule has 0 unspecified atom stereocenters. The number of ether oxygens (including phenoxy) is 1. The number of nitrogens with zero attached hydrogens (tertiary/aromatic N) is 2. The van der Waals surface area contributed by atoms with Gasteiger partial charge in [0.05, 0.1) is 6.20 Å². The molecule has 0 aliphatic rings. The van der Waals surface area contributed by atoms with Crippen LogP contribution in [0.3, 0.4) is 0 Å². The highest BCUT2D eigenvalue weighted by atomic mass is 19.3. The van der Waals surface area contributed by atoms with E-state index in [1.807, 2.05) is 0 Å². The van der Waals surface area contributed by atoms with Crippen LogP contribution in [0, 0.1) is 0 Å². The monoisotopic (exact) mass is 282 g/mol. The summed E-state index contributed by atoms with van der Waals surface area (Å²) in [5.41, 5.74) is 0.828. The molecule has 0 radical (unpaired) electrons. The van der Waals surface area contributed by atoms with Crippen molar-refractivity contribution in [2.45, 2.75) is 25.2 Å². The van der Waals surface area contributed by atoms with E-state index in [4.69, 9.17) is 0 Å². The van der Waals surface area contributed by atoms with E-state index in [0.717, 1.165) is 5.56 Å². The average Bonchev–Trinajstić information content (AvgIpc) is 2.72. The fraction of sp³-hybridized carbons (Fsp3) is 0.636. The van der Waals surface area contributed by atoms with Gasteiger partial charge in [-0.25, -0.2) is 8.78 Å². The number of rotatable bonds is 8. The predicted octanol–water partition coefficient (Wildman–Crippen LogP) is 1.84. The number of aromatic nitrogens is 2. The number of alkyl halides is 4. The minimum absolute atomic E-state index is 0.0892. The Bertz CT molecular complexity index is 421. The molecule has 0 saturated carbocycles. The summed E-state index contributed by atoms with van der Waals surface area (Å²) in [5, 5.41) is 3.90. The topological polar surface area (TPSA) is 44.1 Å². The number of halogens is 4. The van der Waals surface area contributed by atoms with Gasteiger partial charge >= 0.3 is 12.3 Å². The summed E-state index contributed by atoms with van der Waals surface area (Å²) in [7, 11) is 1.72. The zero-order valence-electron chi connectivity index (χ0n) is 10.3. The quantitative estimate of drug-likeness (QED) is 0.683. The number of carbonyl (C=O) groups excluding carboxylic acids is 1. The van der Waals surface area contributed by atoms with Crippen LogP contribution in [0.15, 0.2) is 12.4 Å². The van der Waals surface area contributed by atoms with E-state index < -0.39 is 31.3 Å². The van der Waals surface area contributed by atoms with Crippen LogP contribution in [-0.4, -0.2) is 41.1 Å². The van der Waals surface area contributed by atoms with Crippen LogP contribution in [0.1, 0.15) is 12.0 Å². The number of hydrogen-bond acceptors (Lipinski definition) is 3. The number of ketones is 1. The van der Waals surface area contributed by atoms with Gasteiger partial charge in [0, 0.05) is 19.7 Å². The largest absolute Gasteiger partial charge is 0.367 e.